The van der Waals surface area contributed by atoms with Crippen LogP contribution in [0.3, 0.4) is 0 Å². The molecular weight excluding hydrogens is 296 g/mol. The zero-order valence-corrected chi connectivity index (χ0v) is 14.4. The largest absolute Gasteiger partial charge is 0.494 e. The number of hydrogen-bond acceptors (Lipinski definition) is 4. The van der Waals surface area contributed by atoms with E-state index >= 15 is 0 Å². The highest BCUT2D eigenvalue weighted by Gasteiger charge is 2.51. The molecule has 0 N–H and O–H groups in total. The second-order valence-corrected chi connectivity index (χ2v) is 7.37. The Morgan fingerprint density at radius 1 is 1.04 bits per heavy atom. The first-order valence-corrected chi connectivity index (χ1v) is 8.22. The Hall–Kier alpha value is -0.945. The Labute approximate surface area is 138 Å². The molecule has 126 valence electrons. The second kappa shape index (κ2) is 6.17. The van der Waals surface area contributed by atoms with Gasteiger partial charge < -0.3 is 14.0 Å². The molecule has 2 aliphatic heterocycles. The summed E-state index contributed by atoms with van der Waals surface area (Å²) in [7, 11) is -0.529. The molecule has 0 spiro atoms. The number of benzene rings is 1. The second-order valence-electron chi connectivity index (χ2n) is 7.37. The van der Waals surface area contributed by atoms with Gasteiger partial charge in [-0.15, -0.1) is 0 Å². The first kappa shape index (κ1) is 16.9. The zero-order chi connectivity index (χ0) is 16.7. The normalized spacial score (nSPS) is 24.1. The van der Waals surface area contributed by atoms with Crippen molar-refractivity contribution in [3.05, 3.63) is 29.6 Å². The average Bonchev–Trinajstić information content (AvgIpc) is 2.68. The van der Waals surface area contributed by atoms with Gasteiger partial charge in [0.15, 0.2) is 0 Å². The summed E-state index contributed by atoms with van der Waals surface area (Å²) in [6.45, 7) is 11.9. The van der Waals surface area contributed by atoms with Crippen molar-refractivity contribution in [2.45, 2.75) is 45.4 Å². The van der Waals surface area contributed by atoms with E-state index in [4.69, 9.17) is 14.0 Å². The van der Waals surface area contributed by atoms with Crippen molar-refractivity contribution in [1.29, 1.82) is 0 Å². The number of morpholine rings is 1. The molecule has 3 rings (SSSR count). The maximum Gasteiger partial charge on any atom is 0.494 e. The zero-order valence-electron chi connectivity index (χ0n) is 14.4. The molecule has 0 atom stereocenters. The molecule has 0 radical (unpaired) electrons. The van der Waals surface area contributed by atoms with Gasteiger partial charge in [0.25, 0.3) is 0 Å². The lowest BCUT2D eigenvalue weighted by atomic mass is 9.78. The summed E-state index contributed by atoms with van der Waals surface area (Å²) in [4.78, 5) is 2.27. The third-order valence-electron chi connectivity index (χ3n) is 5.02. The molecule has 2 heterocycles. The molecule has 0 bridgehead atoms. The van der Waals surface area contributed by atoms with Gasteiger partial charge in [-0.2, -0.15) is 0 Å². The third-order valence-corrected chi connectivity index (χ3v) is 5.02. The fourth-order valence-corrected chi connectivity index (χ4v) is 2.90. The van der Waals surface area contributed by atoms with E-state index in [9.17, 15) is 4.39 Å². The quantitative estimate of drug-likeness (QED) is 0.797. The number of nitrogens with zero attached hydrogens (tertiary/aromatic N) is 1. The smallest absolute Gasteiger partial charge is 0.399 e. The van der Waals surface area contributed by atoms with Gasteiger partial charge in [-0.1, -0.05) is 6.07 Å². The van der Waals surface area contributed by atoms with Crippen LogP contribution < -0.4 is 5.46 Å². The Bertz CT molecular complexity index is 557. The van der Waals surface area contributed by atoms with Crippen LogP contribution in [0.4, 0.5) is 4.39 Å². The summed E-state index contributed by atoms with van der Waals surface area (Å²) in [5.74, 6) is -0.250. The summed E-state index contributed by atoms with van der Waals surface area (Å²) >= 11 is 0. The van der Waals surface area contributed by atoms with Crippen LogP contribution >= 0.6 is 0 Å². The topological polar surface area (TPSA) is 30.9 Å². The van der Waals surface area contributed by atoms with Gasteiger partial charge in [-0.05, 0) is 50.9 Å². The minimum atomic E-state index is -0.529. The molecule has 2 fully saturated rings. The predicted octanol–water partition coefficient (Wildman–Crippen LogP) is 1.96. The first-order chi connectivity index (χ1) is 10.8. The van der Waals surface area contributed by atoms with Gasteiger partial charge in [-0.25, -0.2) is 4.39 Å². The van der Waals surface area contributed by atoms with Crippen LogP contribution in [0.25, 0.3) is 0 Å². The van der Waals surface area contributed by atoms with Crippen molar-refractivity contribution in [2.75, 3.05) is 26.3 Å². The molecule has 0 aliphatic carbocycles. The Balaban J connectivity index is 1.78. The van der Waals surface area contributed by atoms with Crippen LogP contribution in [0.2, 0.25) is 0 Å². The molecule has 0 aromatic heterocycles. The highest BCUT2D eigenvalue weighted by Crippen LogP contribution is 2.36. The summed E-state index contributed by atoms with van der Waals surface area (Å²) in [5.41, 5.74) is 0.839. The molecule has 1 aromatic rings. The molecule has 4 nitrogen and oxygen atoms in total. The summed E-state index contributed by atoms with van der Waals surface area (Å²) < 4.78 is 31.5. The van der Waals surface area contributed by atoms with E-state index < -0.39 is 18.3 Å². The van der Waals surface area contributed by atoms with Crippen molar-refractivity contribution in [1.82, 2.24) is 4.90 Å². The molecule has 2 aliphatic rings. The van der Waals surface area contributed by atoms with Gasteiger partial charge in [0.1, 0.15) is 5.82 Å². The molecule has 2 saturated heterocycles. The van der Waals surface area contributed by atoms with Crippen molar-refractivity contribution < 1.29 is 18.4 Å². The molecular formula is C17H25BFNO3. The molecule has 0 saturated carbocycles. The maximum atomic E-state index is 14.1. The monoisotopic (exact) mass is 321 g/mol. The molecule has 0 unspecified atom stereocenters. The molecule has 0 amide bonds. The van der Waals surface area contributed by atoms with Gasteiger partial charge >= 0.3 is 7.12 Å². The van der Waals surface area contributed by atoms with Crippen LogP contribution in [0.5, 0.6) is 0 Å². The van der Waals surface area contributed by atoms with E-state index in [-0.39, 0.29) is 5.82 Å². The number of hydrogen-bond donors (Lipinski definition) is 0. The Morgan fingerprint density at radius 3 is 2.26 bits per heavy atom. The van der Waals surface area contributed by atoms with Crippen molar-refractivity contribution >= 4 is 12.6 Å². The minimum Gasteiger partial charge on any atom is -0.399 e. The highest BCUT2D eigenvalue weighted by molar-refractivity contribution is 6.62. The van der Waals surface area contributed by atoms with Crippen molar-refractivity contribution in [3.63, 3.8) is 0 Å². The van der Waals surface area contributed by atoms with Gasteiger partial charge in [-0.3, -0.25) is 4.90 Å². The van der Waals surface area contributed by atoms with E-state index in [1.54, 1.807) is 6.07 Å². The molecule has 1 aromatic carbocycles. The van der Waals surface area contributed by atoms with E-state index in [0.717, 1.165) is 37.3 Å². The average molecular weight is 321 g/mol. The maximum absolute atomic E-state index is 14.1. The van der Waals surface area contributed by atoms with Crippen molar-refractivity contribution in [3.8, 4) is 0 Å². The van der Waals surface area contributed by atoms with Crippen molar-refractivity contribution in [2.24, 2.45) is 0 Å². The standard InChI is InChI=1S/C17H25BFNO3/c1-16(2)17(3,4)23-18(22-16)14-9-13(10-15(19)11-14)12-20-5-7-21-8-6-20/h9-11H,5-8,12H2,1-4H3. The molecule has 6 heteroatoms. The van der Waals surface area contributed by atoms with Crippen LogP contribution in [0.15, 0.2) is 18.2 Å². The SMILES string of the molecule is CC1(C)OB(c2cc(F)cc(CN3CCOCC3)c2)OC1(C)C. The van der Waals surface area contributed by atoms with Gasteiger partial charge in [0.05, 0.1) is 24.4 Å². The highest BCUT2D eigenvalue weighted by atomic mass is 19.1. The van der Waals surface area contributed by atoms with Gasteiger partial charge in [0.2, 0.25) is 0 Å². The fourth-order valence-electron chi connectivity index (χ4n) is 2.90. The van der Waals surface area contributed by atoms with E-state index in [2.05, 4.69) is 4.90 Å². The number of rotatable bonds is 3. The number of halogens is 1. The lowest BCUT2D eigenvalue weighted by Crippen LogP contribution is -2.41. The lowest BCUT2D eigenvalue weighted by molar-refractivity contribution is 0.00578. The Morgan fingerprint density at radius 2 is 1.65 bits per heavy atom. The van der Waals surface area contributed by atoms with Gasteiger partial charge in [0, 0.05) is 19.6 Å². The summed E-state index contributed by atoms with van der Waals surface area (Å²) in [6.07, 6.45) is 0. The van der Waals surface area contributed by atoms with Crippen LogP contribution in [0, 0.1) is 5.82 Å². The van der Waals surface area contributed by atoms with E-state index in [1.165, 1.54) is 6.07 Å². The lowest BCUT2D eigenvalue weighted by Gasteiger charge is -2.32. The predicted molar refractivity (Wildman–Crippen MR) is 88.2 cm³/mol. The summed E-state index contributed by atoms with van der Waals surface area (Å²) in [6, 6.07) is 5.08. The van der Waals surface area contributed by atoms with Crippen LogP contribution in [-0.2, 0) is 20.6 Å². The number of ether oxygens (including phenoxy) is 1. The van der Waals surface area contributed by atoms with Crippen LogP contribution in [0.1, 0.15) is 33.3 Å². The third kappa shape index (κ3) is 3.60. The van der Waals surface area contributed by atoms with E-state index in [1.807, 2.05) is 33.8 Å². The van der Waals surface area contributed by atoms with Crippen LogP contribution in [-0.4, -0.2) is 49.5 Å². The first-order valence-electron chi connectivity index (χ1n) is 8.22. The fraction of sp³-hybridized carbons (Fsp3) is 0.647. The van der Waals surface area contributed by atoms with E-state index in [0.29, 0.717) is 6.54 Å². The summed E-state index contributed by atoms with van der Waals surface area (Å²) in [5, 5.41) is 0. The molecule has 23 heavy (non-hydrogen) atoms. The Kier molecular flexibility index (Phi) is 4.53. The minimum absolute atomic E-state index is 0.250.